The number of anilines is 1. The minimum atomic E-state index is 0.0389. The van der Waals surface area contributed by atoms with E-state index in [4.69, 9.17) is 4.74 Å². The molecule has 0 fully saturated rings. The van der Waals surface area contributed by atoms with Crippen molar-refractivity contribution < 1.29 is 9.53 Å². The highest BCUT2D eigenvalue weighted by Crippen LogP contribution is 2.23. The van der Waals surface area contributed by atoms with Crippen molar-refractivity contribution in [3.8, 4) is 17.4 Å². The molecule has 1 aromatic carbocycles. The highest BCUT2D eigenvalue weighted by atomic mass is 16.5. The summed E-state index contributed by atoms with van der Waals surface area (Å²) in [5.74, 6) is 2.59. The summed E-state index contributed by atoms with van der Waals surface area (Å²) >= 11 is 0. The number of hydrogen-bond acceptors (Lipinski definition) is 4. The Labute approximate surface area is 159 Å². The fourth-order valence-electron chi connectivity index (χ4n) is 2.83. The predicted molar refractivity (Wildman–Crippen MR) is 105 cm³/mol. The zero-order valence-electron chi connectivity index (χ0n) is 15.8. The number of aromatic nitrogens is 3. The van der Waals surface area contributed by atoms with Crippen LogP contribution in [-0.2, 0) is 4.79 Å². The maximum absolute atomic E-state index is 12.2. The van der Waals surface area contributed by atoms with Crippen LogP contribution in [0.4, 0.5) is 5.69 Å². The highest BCUT2D eigenvalue weighted by Gasteiger charge is 2.14. The van der Waals surface area contributed by atoms with Gasteiger partial charge in [0, 0.05) is 30.1 Å². The Morgan fingerprint density at radius 1 is 1.11 bits per heavy atom. The highest BCUT2D eigenvalue weighted by molar-refractivity contribution is 5.92. The zero-order valence-corrected chi connectivity index (χ0v) is 15.8. The van der Waals surface area contributed by atoms with Crippen molar-refractivity contribution in [2.45, 2.75) is 33.6 Å². The molecule has 0 aliphatic carbocycles. The first-order valence-corrected chi connectivity index (χ1v) is 9.16. The van der Waals surface area contributed by atoms with E-state index in [1.807, 2.05) is 74.1 Å². The fraction of sp³-hybridized carbons (Fsp3) is 0.286. The van der Waals surface area contributed by atoms with Crippen LogP contribution in [0.3, 0.4) is 0 Å². The number of carbonyl (C=O) groups is 1. The summed E-state index contributed by atoms with van der Waals surface area (Å²) in [6.07, 6.45) is 5.51. The molecule has 0 saturated heterocycles. The largest absolute Gasteiger partial charge is 0.439 e. The fourth-order valence-corrected chi connectivity index (χ4v) is 2.83. The molecule has 6 heteroatoms. The van der Waals surface area contributed by atoms with Crippen LogP contribution in [0.2, 0.25) is 0 Å². The number of nitrogens with one attached hydrogen (secondary N) is 1. The van der Waals surface area contributed by atoms with E-state index in [-0.39, 0.29) is 11.8 Å². The average molecular weight is 364 g/mol. The molecule has 0 unspecified atom stereocenters. The van der Waals surface area contributed by atoms with Gasteiger partial charge in [-0.25, -0.2) is 4.98 Å². The maximum Gasteiger partial charge on any atom is 0.227 e. The number of aryl methyl sites for hydroxylation is 1. The molecule has 1 amide bonds. The number of benzene rings is 1. The molecule has 0 saturated carbocycles. The van der Waals surface area contributed by atoms with Gasteiger partial charge in [0.15, 0.2) is 0 Å². The van der Waals surface area contributed by atoms with Crippen LogP contribution in [0, 0.1) is 12.8 Å². The number of carbonyl (C=O) groups excluding carboxylic acids is 1. The molecule has 0 aliphatic heterocycles. The Morgan fingerprint density at radius 2 is 1.78 bits per heavy atom. The lowest BCUT2D eigenvalue weighted by Gasteiger charge is -2.13. The molecule has 1 N–H and O–H groups in total. The minimum Gasteiger partial charge on any atom is -0.439 e. The monoisotopic (exact) mass is 364 g/mol. The summed E-state index contributed by atoms with van der Waals surface area (Å²) in [5.41, 5.74) is 0.756. The summed E-state index contributed by atoms with van der Waals surface area (Å²) in [4.78, 5) is 20.9. The van der Waals surface area contributed by atoms with E-state index in [1.165, 1.54) is 0 Å². The van der Waals surface area contributed by atoms with Gasteiger partial charge in [-0.05, 0) is 56.2 Å². The summed E-state index contributed by atoms with van der Waals surface area (Å²) in [7, 11) is 0. The van der Waals surface area contributed by atoms with Gasteiger partial charge in [0.2, 0.25) is 11.8 Å². The molecule has 0 aliphatic rings. The van der Waals surface area contributed by atoms with Crippen LogP contribution in [0.1, 0.15) is 32.5 Å². The van der Waals surface area contributed by atoms with Crippen LogP contribution < -0.4 is 10.1 Å². The van der Waals surface area contributed by atoms with E-state index in [0.29, 0.717) is 17.5 Å². The normalized spacial score (nSPS) is 10.8. The first-order chi connectivity index (χ1) is 13.1. The molecule has 0 bridgehead atoms. The van der Waals surface area contributed by atoms with Crippen LogP contribution in [0.25, 0.3) is 5.82 Å². The number of hydrogen-bond donors (Lipinski definition) is 1. The summed E-state index contributed by atoms with van der Waals surface area (Å²) < 4.78 is 7.77. The van der Waals surface area contributed by atoms with E-state index in [1.54, 1.807) is 6.07 Å². The molecule has 3 rings (SSSR count). The Balaban J connectivity index is 1.71. The molecule has 6 nitrogen and oxygen atoms in total. The van der Waals surface area contributed by atoms with E-state index in [2.05, 4.69) is 15.3 Å². The quantitative estimate of drug-likeness (QED) is 0.657. The number of rotatable bonds is 7. The summed E-state index contributed by atoms with van der Waals surface area (Å²) in [5, 5.41) is 2.95. The Kier molecular flexibility index (Phi) is 5.86. The standard InChI is InChI=1S/C21H24N4O2/c1-4-16(5-2)21(26)24-17-8-10-18(11-9-17)27-20-14-19(22-15(3)23-20)25-12-6-7-13-25/h6-14,16H,4-5H2,1-3H3,(H,24,26). The van der Waals surface area contributed by atoms with E-state index < -0.39 is 0 Å². The molecule has 0 spiro atoms. The van der Waals surface area contributed by atoms with Crippen molar-refractivity contribution in [3.63, 3.8) is 0 Å². The third kappa shape index (κ3) is 4.73. The van der Waals surface area contributed by atoms with E-state index in [0.717, 1.165) is 24.3 Å². The Bertz CT molecular complexity index is 885. The molecule has 0 radical (unpaired) electrons. The van der Waals surface area contributed by atoms with Gasteiger partial charge >= 0.3 is 0 Å². The van der Waals surface area contributed by atoms with Gasteiger partial charge in [-0.15, -0.1) is 0 Å². The Morgan fingerprint density at radius 3 is 2.41 bits per heavy atom. The average Bonchev–Trinajstić information content (AvgIpc) is 3.19. The third-order valence-electron chi connectivity index (χ3n) is 4.37. The van der Waals surface area contributed by atoms with Crippen molar-refractivity contribution in [2.24, 2.45) is 5.92 Å². The molecular weight excluding hydrogens is 340 g/mol. The van der Waals surface area contributed by atoms with Gasteiger partial charge in [0.1, 0.15) is 17.4 Å². The first-order valence-electron chi connectivity index (χ1n) is 9.16. The smallest absolute Gasteiger partial charge is 0.227 e. The molecular formula is C21H24N4O2. The zero-order chi connectivity index (χ0) is 19.2. The van der Waals surface area contributed by atoms with Crippen LogP contribution in [0.15, 0.2) is 54.9 Å². The van der Waals surface area contributed by atoms with Crippen LogP contribution in [0.5, 0.6) is 11.6 Å². The number of ether oxygens (including phenoxy) is 1. The van der Waals surface area contributed by atoms with Gasteiger partial charge in [0.25, 0.3) is 0 Å². The SMILES string of the molecule is CCC(CC)C(=O)Nc1ccc(Oc2cc(-n3cccc3)nc(C)n2)cc1. The second-order valence-electron chi connectivity index (χ2n) is 6.33. The van der Waals surface area contributed by atoms with Gasteiger partial charge in [0.05, 0.1) is 0 Å². The van der Waals surface area contributed by atoms with Crippen LogP contribution in [-0.4, -0.2) is 20.4 Å². The molecule has 140 valence electrons. The number of amides is 1. The molecule has 27 heavy (non-hydrogen) atoms. The van der Waals surface area contributed by atoms with Gasteiger partial charge in [-0.3, -0.25) is 4.79 Å². The van der Waals surface area contributed by atoms with E-state index in [9.17, 15) is 4.79 Å². The van der Waals surface area contributed by atoms with Crippen molar-refractivity contribution >= 4 is 11.6 Å². The lowest BCUT2D eigenvalue weighted by atomic mass is 10.0. The molecule has 3 aromatic rings. The molecule has 0 atom stereocenters. The van der Waals surface area contributed by atoms with Crippen molar-refractivity contribution in [1.29, 1.82) is 0 Å². The third-order valence-corrected chi connectivity index (χ3v) is 4.37. The van der Waals surface area contributed by atoms with Gasteiger partial charge in [-0.1, -0.05) is 13.8 Å². The lowest BCUT2D eigenvalue weighted by molar-refractivity contribution is -0.120. The van der Waals surface area contributed by atoms with Crippen molar-refractivity contribution in [1.82, 2.24) is 14.5 Å². The van der Waals surface area contributed by atoms with Gasteiger partial charge < -0.3 is 14.6 Å². The maximum atomic E-state index is 12.2. The first kappa shape index (κ1) is 18.6. The topological polar surface area (TPSA) is 69.0 Å². The van der Waals surface area contributed by atoms with Crippen molar-refractivity contribution in [3.05, 3.63) is 60.7 Å². The summed E-state index contributed by atoms with van der Waals surface area (Å²) in [6, 6.07) is 13.0. The second kappa shape index (κ2) is 8.49. The second-order valence-corrected chi connectivity index (χ2v) is 6.33. The Hall–Kier alpha value is -3.15. The summed E-state index contributed by atoms with van der Waals surface area (Å²) in [6.45, 7) is 5.88. The minimum absolute atomic E-state index is 0.0389. The van der Waals surface area contributed by atoms with Crippen LogP contribution >= 0.6 is 0 Å². The van der Waals surface area contributed by atoms with Gasteiger partial charge in [-0.2, -0.15) is 4.98 Å². The van der Waals surface area contributed by atoms with Crippen molar-refractivity contribution in [2.75, 3.05) is 5.32 Å². The van der Waals surface area contributed by atoms with E-state index >= 15 is 0 Å². The lowest BCUT2D eigenvalue weighted by Crippen LogP contribution is -2.21. The molecule has 2 aromatic heterocycles. The number of nitrogens with zero attached hydrogens (tertiary/aromatic N) is 3. The predicted octanol–water partition coefficient (Wildman–Crippen LogP) is 4.74. The molecule has 2 heterocycles.